The molecule has 2 rings (SSSR count). The number of likely N-dealkylation sites (tertiary alicyclic amines) is 1. The summed E-state index contributed by atoms with van der Waals surface area (Å²) in [5, 5.41) is 9.58. The Morgan fingerprint density at radius 3 is 2.50 bits per heavy atom. The van der Waals surface area contributed by atoms with Crippen molar-refractivity contribution >= 4 is 12.2 Å². The van der Waals surface area contributed by atoms with Gasteiger partial charge in [0.05, 0.1) is 5.69 Å². The summed E-state index contributed by atoms with van der Waals surface area (Å²) < 4.78 is 0.511. The molecule has 1 saturated heterocycles. The van der Waals surface area contributed by atoms with Crippen molar-refractivity contribution in [1.29, 1.82) is 0 Å². The molecule has 1 aliphatic heterocycles. The molecule has 0 spiro atoms. The molecule has 0 aliphatic carbocycles. The predicted molar refractivity (Wildman–Crippen MR) is 57.1 cm³/mol. The lowest BCUT2D eigenvalue weighted by atomic mass is 9.94. The quantitative estimate of drug-likeness (QED) is 0.621. The first kappa shape index (κ1) is 9.73. The number of nitrogens with zero attached hydrogens (tertiary/aromatic N) is 1. The van der Waals surface area contributed by atoms with Gasteiger partial charge < -0.3 is 20.0 Å². The van der Waals surface area contributed by atoms with E-state index in [-0.39, 0.29) is 5.88 Å². The van der Waals surface area contributed by atoms with Gasteiger partial charge in [-0.15, -0.1) is 0 Å². The van der Waals surface area contributed by atoms with Crippen molar-refractivity contribution in [3.05, 3.63) is 10.5 Å². The smallest absolute Gasteiger partial charge is 0.210 e. The zero-order chi connectivity index (χ0) is 10.1. The molecule has 5 heteroatoms. The lowest BCUT2D eigenvalue weighted by Gasteiger charge is -2.28. The molecule has 1 aliphatic rings. The average Bonchev–Trinajstić information content (AvgIpc) is 2.47. The minimum Gasteiger partial charge on any atom is -0.493 e. The number of aromatic amines is 2. The van der Waals surface area contributed by atoms with Gasteiger partial charge in [-0.1, -0.05) is 0 Å². The van der Waals surface area contributed by atoms with Gasteiger partial charge in [-0.3, -0.25) is 0 Å². The maximum Gasteiger partial charge on any atom is 0.210 e. The third-order valence-corrected chi connectivity index (χ3v) is 3.07. The Morgan fingerprint density at radius 1 is 1.36 bits per heavy atom. The first-order valence-corrected chi connectivity index (χ1v) is 5.27. The molecular weight excluding hydrogens is 198 g/mol. The van der Waals surface area contributed by atoms with Crippen LogP contribution in [0.1, 0.15) is 24.5 Å². The standard InChI is InChI=1S/C9H15N3OS/c1-12-4-2-6(3-5-12)7-8(13)11-9(14)10-7/h6,13H,2-5H2,1H3,(H2,10,11,14). The molecular formula is C9H15N3OS. The Morgan fingerprint density at radius 2 is 2.00 bits per heavy atom. The molecule has 4 nitrogen and oxygen atoms in total. The van der Waals surface area contributed by atoms with Crippen molar-refractivity contribution in [2.45, 2.75) is 18.8 Å². The summed E-state index contributed by atoms with van der Waals surface area (Å²) in [6, 6.07) is 0. The number of aromatic hydroxyl groups is 1. The second-order valence-corrected chi connectivity index (χ2v) is 4.33. The van der Waals surface area contributed by atoms with Gasteiger partial charge in [-0.25, -0.2) is 0 Å². The van der Waals surface area contributed by atoms with Gasteiger partial charge in [0.15, 0.2) is 4.77 Å². The van der Waals surface area contributed by atoms with Gasteiger partial charge in [-0.05, 0) is 45.2 Å². The number of hydrogen-bond donors (Lipinski definition) is 3. The molecule has 0 amide bonds. The Hall–Kier alpha value is -0.810. The minimum absolute atomic E-state index is 0.213. The molecule has 0 atom stereocenters. The van der Waals surface area contributed by atoms with Crippen molar-refractivity contribution in [3.8, 4) is 5.88 Å². The molecule has 2 heterocycles. The maximum absolute atomic E-state index is 9.58. The van der Waals surface area contributed by atoms with Crippen LogP contribution in [0.2, 0.25) is 0 Å². The lowest BCUT2D eigenvalue weighted by Crippen LogP contribution is -2.29. The van der Waals surface area contributed by atoms with Crippen molar-refractivity contribution in [3.63, 3.8) is 0 Å². The van der Waals surface area contributed by atoms with Crippen molar-refractivity contribution in [1.82, 2.24) is 14.9 Å². The van der Waals surface area contributed by atoms with E-state index in [1.807, 2.05) is 0 Å². The lowest BCUT2D eigenvalue weighted by molar-refractivity contribution is 0.251. The molecule has 1 aromatic rings. The van der Waals surface area contributed by atoms with E-state index in [2.05, 4.69) is 21.9 Å². The van der Waals surface area contributed by atoms with Gasteiger partial charge in [0.1, 0.15) is 0 Å². The van der Waals surface area contributed by atoms with Gasteiger partial charge in [0.25, 0.3) is 0 Å². The first-order valence-electron chi connectivity index (χ1n) is 4.86. The summed E-state index contributed by atoms with van der Waals surface area (Å²) in [6.45, 7) is 2.16. The van der Waals surface area contributed by atoms with Gasteiger partial charge in [-0.2, -0.15) is 0 Å². The second kappa shape index (κ2) is 3.74. The highest BCUT2D eigenvalue weighted by Crippen LogP contribution is 2.30. The number of H-pyrrole nitrogens is 2. The molecule has 78 valence electrons. The molecule has 0 radical (unpaired) electrons. The number of nitrogens with one attached hydrogen (secondary N) is 2. The molecule has 14 heavy (non-hydrogen) atoms. The zero-order valence-corrected chi connectivity index (χ0v) is 9.02. The number of piperidine rings is 1. The maximum atomic E-state index is 9.58. The van der Waals surface area contributed by atoms with Crippen LogP contribution >= 0.6 is 12.2 Å². The van der Waals surface area contributed by atoms with E-state index in [4.69, 9.17) is 12.2 Å². The van der Waals surface area contributed by atoms with Gasteiger partial charge >= 0.3 is 0 Å². The van der Waals surface area contributed by atoms with Crippen LogP contribution in [0.25, 0.3) is 0 Å². The third-order valence-electron chi connectivity index (χ3n) is 2.86. The Labute approximate surface area is 88.0 Å². The van der Waals surface area contributed by atoms with Crippen LogP contribution < -0.4 is 0 Å². The molecule has 0 bridgehead atoms. The van der Waals surface area contributed by atoms with E-state index in [9.17, 15) is 5.11 Å². The molecule has 1 fully saturated rings. The van der Waals surface area contributed by atoms with E-state index in [0.29, 0.717) is 10.7 Å². The summed E-state index contributed by atoms with van der Waals surface area (Å²) in [4.78, 5) is 8.04. The Kier molecular flexibility index (Phi) is 2.60. The van der Waals surface area contributed by atoms with Crippen LogP contribution in [0.3, 0.4) is 0 Å². The van der Waals surface area contributed by atoms with Crippen LogP contribution in [0.15, 0.2) is 0 Å². The number of aromatic nitrogens is 2. The topological polar surface area (TPSA) is 55.0 Å². The molecule has 0 aromatic carbocycles. The van der Waals surface area contributed by atoms with Crippen molar-refractivity contribution in [2.24, 2.45) is 0 Å². The summed E-state index contributed by atoms with van der Waals surface area (Å²) in [5.74, 6) is 0.628. The van der Waals surface area contributed by atoms with E-state index < -0.39 is 0 Å². The highest BCUT2D eigenvalue weighted by atomic mass is 32.1. The van der Waals surface area contributed by atoms with E-state index in [0.717, 1.165) is 31.6 Å². The summed E-state index contributed by atoms with van der Waals surface area (Å²) in [7, 11) is 2.12. The summed E-state index contributed by atoms with van der Waals surface area (Å²) in [6.07, 6.45) is 2.15. The third kappa shape index (κ3) is 1.83. The normalized spacial score (nSPS) is 20.1. The molecule has 1 aromatic heterocycles. The van der Waals surface area contributed by atoms with Crippen LogP contribution in [-0.4, -0.2) is 40.1 Å². The number of imidazole rings is 1. The first-order chi connectivity index (χ1) is 6.66. The molecule has 0 saturated carbocycles. The van der Waals surface area contributed by atoms with Crippen molar-refractivity contribution < 1.29 is 5.11 Å². The van der Waals surface area contributed by atoms with Crippen LogP contribution in [0.4, 0.5) is 0 Å². The predicted octanol–water partition coefficient (Wildman–Crippen LogP) is 1.59. The zero-order valence-electron chi connectivity index (χ0n) is 8.21. The average molecular weight is 213 g/mol. The number of hydrogen-bond acceptors (Lipinski definition) is 3. The fourth-order valence-electron chi connectivity index (χ4n) is 1.98. The monoisotopic (exact) mass is 213 g/mol. The SMILES string of the molecule is CN1CCC(c2[nH]c(=S)[nH]c2O)CC1. The van der Waals surface area contributed by atoms with E-state index >= 15 is 0 Å². The Balaban J connectivity index is 2.15. The van der Waals surface area contributed by atoms with Crippen LogP contribution in [0, 0.1) is 4.77 Å². The van der Waals surface area contributed by atoms with Gasteiger partial charge in [0, 0.05) is 5.92 Å². The second-order valence-electron chi connectivity index (χ2n) is 3.92. The number of rotatable bonds is 1. The highest BCUT2D eigenvalue weighted by Gasteiger charge is 2.22. The fraction of sp³-hybridized carbons (Fsp3) is 0.667. The van der Waals surface area contributed by atoms with Crippen LogP contribution in [0.5, 0.6) is 5.88 Å². The van der Waals surface area contributed by atoms with E-state index in [1.54, 1.807) is 0 Å². The highest BCUT2D eigenvalue weighted by molar-refractivity contribution is 7.71. The van der Waals surface area contributed by atoms with E-state index in [1.165, 1.54) is 0 Å². The largest absolute Gasteiger partial charge is 0.493 e. The van der Waals surface area contributed by atoms with Crippen molar-refractivity contribution in [2.75, 3.05) is 20.1 Å². The minimum atomic E-state index is 0.213. The van der Waals surface area contributed by atoms with Gasteiger partial charge in [0.2, 0.25) is 5.88 Å². The Bertz CT molecular complexity index is 362. The summed E-state index contributed by atoms with van der Waals surface area (Å²) >= 11 is 4.93. The molecule has 0 unspecified atom stereocenters. The van der Waals surface area contributed by atoms with Crippen LogP contribution in [-0.2, 0) is 0 Å². The molecule has 3 N–H and O–H groups in total. The summed E-state index contributed by atoms with van der Waals surface area (Å²) in [5.41, 5.74) is 0.878. The fourth-order valence-corrected chi connectivity index (χ4v) is 2.19.